The molecular formula is C15H13N3O. The zero-order valence-electron chi connectivity index (χ0n) is 10.5. The Morgan fingerprint density at radius 1 is 1.26 bits per heavy atom. The molecule has 0 fully saturated rings. The Kier molecular flexibility index (Phi) is 2.76. The Labute approximate surface area is 110 Å². The Morgan fingerprint density at radius 3 is 3.00 bits per heavy atom. The minimum absolute atomic E-state index is 0.123. The van der Waals surface area contributed by atoms with Crippen LogP contribution < -0.4 is 5.32 Å². The number of amides is 1. The molecule has 0 saturated carbocycles. The first-order valence-corrected chi connectivity index (χ1v) is 6.04. The number of pyridine rings is 1. The summed E-state index contributed by atoms with van der Waals surface area (Å²) in [4.78, 5) is 19.4. The van der Waals surface area contributed by atoms with Gasteiger partial charge >= 0.3 is 0 Å². The Balaban J connectivity index is 1.97. The average Bonchev–Trinajstić information content (AvgIpc) is 2.89. The fraction of sp³-hybridized carbons (Fsp3) is 0.0667. The number of nitrogens with one attached hydrogen (secondary N) is 2. The third-order valence-electron chi connectivity index (χ3n) is 3.10. The van der Waals surface area contributed by atoms with Gasteiger partial charge in [0.1, 0.15) is 0 Å². The van der Waals surface area contributed by atoms with Crippen LogP contribution in [0.2, 0.25) is 0 Å². The summed E-state index contributed by atoms with van der Waals surface area (Å²) < 4.78 is 0. The highest BCUT2D eigenvalue weighted by Crippen LogP contribution is 2.19. The van der Waals surface area contributed by atoms with Crippen molar-refractivity contribution in [2.45, 2.75) is 6.92 Å². The fourth-order valence-electron chi connectivity index (χ4n) is 2.08. The molecule has 2 aromatic heterocycles. The fourth-order valence-corrected chi connectivity index (χ4v) is 2.08. The number of hydrogen-bond acceptors (Lipinski definition) is 2. The van der Waals surface area contributed by atoms with Crippen molar-refractivity contribution in [1.29, 1.82) is 0 Å². The van der Waals surface area contributed by atoms with Crippen molar-refractivity contribution >= 4 is 22.5 Å². The molecule has 4 heteroatoms. The molecule has 0 aliphatic carbocycles. The molecule has 2 N–H and O–H groups in total. The van der Waals surface area contributed by atoms with Gasteiger partial charge in [-0.05, 0) is 30.7 Å². The number of carbonyl (C=O) groups excluding carboxylic acids is 1. The third kappa shape index (κ3) is 2.08. The lowest BCUT2D eigenvalue weighted by atomic mass is 10.1. The van der Waals surface area contributed by atoms with Crippen molar-refractivity contribution in [3.8, 4) is 0 Å². The van der Waals surface area contributed by atoms with Gasteiger partial charge in [0, 0.05) is 29.7 Å². The first-order valence-electron chi connectivity index (χ1n) is 6.04. The van der Waals surface area contributed by atoms with Gasteiger partial charge in [-0.2, -0.15) is 0 Å². The SMILES string of the molecule is Cc1cnccc1NC(=O)c1cccc2cc[nH]c12. The molecular weight excluding hydrogens is 238 g/mol. The number of H-pyrrole nitrogens is 1. The highest BCUT2D eigenvalue weighted by Gasteiger charge is 2.11. The summed E-state index contributed by atoms with van der Waals surface area (Å²) in [5.74, 6) is -0.123. The predicted octanol–water partition coefficient (Wildman–Crippen LogP) is 3.12. The number of carbonyl (C=O) groups is 1. The molecule has 0 aliphatic heterocycles. The molecule has 1 amide bonds. The van der Waals surface area contributed by atoms with Crippen molar-refractivity contribution in [1.82, 2.24) is 9.97 Å². The van der Waals surface area contributed by atoms with Gasteiger partial charge in [0.25, 0.3) is 5.91 Å². The summed E-state index contributed by atoms with van der Waals surface area (Å²) >= 11 is 0. The molecule has 3 rings (SSSR count). The zero-order chi connectivity index (χ0) is 13.2. The molecule has 0 bridgehead atoms. The molecule has 19 heavy (non-hydrogen) atoms. The molecule has 1 aromatic carbocycles. The Bertz CT molecular complexity index is 746. The van der Waals surface area contributed by atoms with Crippen LogP contribution in [0.3, 0.4) is 0 Å². The van der Waals surface area contributed by atoms with E-state index in [1.807, 2.05) is 37.4 Å². The number of aromatic nitrogens is 2. The van der Waals surface area contributed by atoms with E-state index in [9.17, 15) is 4.79 Å². The number of aryl methyl sites for hydroxylation is 1. The van der Waals surface area contributed by atoms with Crippen molar-refractivity contribution in [2.75, 3.05) is 5.32 Å². The van der Waals surface area contributed by atoms with Crippen LogP contribution in [0.1, 0.15) is 15.9 Å². The van der Waals surface area contributed by atoms with Crippen LogP contribution in [-0.4, -0.2) is 15.9 Å². The summed E-state index contributed by atoms with van der Waals surface area (Å²) in [6.45, 7) is 1.91. The summed E-state index contributed by atoms with van der Waals surface area (Å²) in [6.07, 6.45) is 5.22. The van der Waals surface area contributed by atoms with Crippen LogP contribution in [0.25, 0.3) is 10.9 Å². The first-order chi connectivity index (χ1) is 9.25. The molecule has 3 aromatic rings. The van der Waals surface area contributed by atoms with E-state index in [4.69, 9.17) is 0 Å². The second kappa shape index (κ2) is 4.57. The van der Waals surface area contributed by atoms with Crippen LogP contribution in [0.4, 0.5) is 5.69 Å². The molecule has 4 nitrogen and oxygen atoms in total. The van der Waals surface area contributed by atoms with Gasteiger partial charge in [-0.3, -0.25) is 9.78 Å². The second-order valence-electron chi connectivity index (χ2n) is 4.39. The number of aromatic amines is 1. The maximum absolute atomic E-state index is 12.3. The maximum Gasteiger partial charge on any atom is 0.257 e. The smallest absolute Gasteiger partial charge is 0.257 e. The van der Waals surface area contributed by atoms with Crippen LogP contribution in [0, 0.1) is 6.92 Å². The van der Waals surface area contributed by atoms with Gasteiger partial charge in [0.2, 0.25) is 0 Å². The van der Waals surface area contributed by atoms with Crippen LogP contribution in [0.5, 0.6) is 0 Å². The quantitative estimate of drug-likeness (QED) is 0.735. The van der Waals surface area contributed by atoms with Gasteiger partial charge in [-0.25, -0.2) is 0 Å². The number of benzene rings is 1. The third-order valence-corrected chi connectivity index (χ3v) is 3.10. The van der Waals surface area contributed by atoms with E-state index in [0.29, 0.717) is 5.56 Å². The van der Waals surface area contributed by atoms with Crippen LogP contribution in [0.15, 0.2) is 48.9 Å². The molecule has 0 atom stereocenters. The van der Waals surface area contributed by atoms with Crippen molar-refractivity contribution < 1.29 is 4.79 Å². The normalized spacial score (nSPS) is 10.6. The number of fused-ring (bicyclic) bond motifs is 1. The Hall–Kier alpha value is -2.62. The topological polar surface area (TPSA) is 57.8 Å². The number of para-hydroxylation sites is 1. The number of rotatable bonds is 2. The molecule has 0 aliphatic rings. The lowest BCUT2D eigenvalue weighted by molar-refractivity contribution is 0.102. The van der Waals surface area contributed by atoms with E-state index < -0.39 is 0 Å². The molecule has 0 radical (unpaired) electrons. The average molecular weight is 251 g/mol. The summed E-state index contributed by atoms with van der Waals surface area (Å²) in [6, 6.07) is 9.40. The second-order valence-corrected chi connectivity index (χ2v) is 4.39. The minimum atomic E-state index is -0.123. The monoisotopic (exact) mass is 251 g/mol. The lowest BCUT2D eigenvalue weighted by Gasteiger charge is -2.08. The number of hydrogen-bond donors (Lipinski definition) is 2. The molecule has 0 spiro atoms. The molecule has 2 heterocycles. The highest BCUT2D eigenvalue weighted by atomic mass is 16.1. The standard InChI is InChI=1S/C15H13N3O/c1-10-9-16-7-6-13(10)18-15(19)12-4-2-3-11-5-8-17-14(11)12/h2-9,17H,1H3,(H,16,18,19). The molecule has 94 valence electrons. The summed E-state index contributed by atoms with van der Waals surface area (Å²) in [7, 11) is 0. The summed E-state index contributed by atoms with van der Waals surface area (Å²) in [5.41, 5.74) is 3.21. The van der Waals surface area contributed by atoms with Crippen molar-refractivity contribution in [3.05, 3.63) is 60.0 Å². The van der Waals surface area contributed by atoms with Gasteiger partial charge in [-0.1, -0.05) is 12.1 Å². The van der Waals surface area contributed by atoms with E-state index in [1.54, 1.807) is 18.5 Å². The maximum atomic E-state index is 12.3. The van der Waals surface area contributed by atoms with E-state index >= 15 is 0 Å². The van der Waals surface area contributed by atoms with Crippen LogP contribution >= 0.6 is 0 Å². The highest BCUT2D eigenvalue weighted by molar-refractivity contribution is 6.12. The Morgan fingerprint density at radius 2 is 2.16 bits per heavy atom. The molecule has 0 unspecified atom stereocenters. The van der Waals surface area contributed by atoms with Crippen molar-refractivity contribution in [2.24, 2.45) is 0 Å². The number of nitrogens with zero attached hydrogens (tertiary/aromatic N) is 1. The number of anilines is 1. The van der Waals surface area contributed by atoms with E-state index in [0.717, 1.165) is 22.2 Å². The predicted molar refractivity (Wildman–Crippen MR) is 75.2 cm³/mol. The minimum Gasteiger partial charge on any atom is -0.361 e. The molecule has 0 saturated heterocycles. The summed E-state index contributed by atoms with van der Waals surface area (Å²) in [5, 5.41) is 3.94. The van der Waals surface area contributed by atoms with Gasteiger partial charge in [0.05, 0.1) is 11.1 Å². The van der Waals surface area contributed by atoms with Gasteiger partial charge < -0.3 is 10.3 Å². The van der Waals surface area contributed by atoms with E-state index in [1.165, 1.54) is 0 Å². The lowest BCUT2D eigenvalue weighted by Crippen LogP contribution is -2.13. The van der Waals surface area contributed by atoms with Gasteiger partial charge in [-0.15, -0.1) is 0 Å². The van der Waals surface area contributed by atoms with E-state index in [2.05, 4.69) is 15.3 Å². The van der Waals surface area contributed by atoms with E-state index in [-0.39, 0.29) is 5.91 Å². The first kappa shape index (κ1) is 11.5. The zero-order valence-corrected chi connectivity index (χ0v) is 10.5. The largest absolute Gasteiger partial charge is 0.361 e. The van der Waals surface area contributed by atoms with Crippen LogP contribution in [-0.2, 0) is 0 Å². The van der Waals surface area contributed by atoms with Gasteiger partial charge in [0.15, 0.2) is 0 Å². The van der Waals surface area contributed by atoms with Crippen molar-refractivity contribution in [3.63, 3.8) is 0 Å².